The molecule has 0 spiro atoms. The van der Waals surface area contributed by atoms with Crippen LogP contribution in [0.1, 0.15) is 38.8 Å². The molecule has 2 amide bonds. The zero-order chi connectivity index (χ0) is 21.9. The Labute approximate surface area is 176 Å². The standard InChI is InChI=1S/C22H26N4O4/c1-5-29-21(27)25-23-15(3)17-11-7-9-13-19(17)20-14-10-8-12-18(20)16(4)24-26-22(28)30-6-2/h7-14H,5-6H2,1-4H3,(H,25,27)(H,26,28)/b23-15+,24-16+. The van der Waals surface area contributed by atoms with Gasteiger partial charge in [0.05, 0.1) is 24.6 Å². The Bertz CT molecular complexity index is 876. The van der Waals surface area contributed by atoms with Gasteiger partial charge in [0.25, 0.3) is 0 Å². The third-order valence-electron chi connectivity index (χ3n) is 4.10. The summed E-state index contributed by atoms with van der Waals surface area (Å²) in [7, 11) is 0. The van der Waals surface area contributed by atoms with E-state index in [0.717, 1.165) is 22.3 Å². The molecule has 8 nitrogen and oxygen atoms in total. The van der Waals surface area contributed by atoms with E-state index in [1.165, 1.54) is 0 Å². The van der Waals surface area contributed by atoms with Crippen LogP contribution in [0.2, 0.25) is 0 Å². The van der Waals surface area contributed by atoms with Gasteiger partial charge >= 0.3 is 12.2 Å². The average molecular weight is 410 g/mol. The van der Waals surface area contributed by atoms with E-state index in [4.69, 9.17) is 9.47 Å². The van der Waals surface area contributed by atoms with Crippen LogP contribution in [-0.4, -0.2) is 36.8 Å². The van der Waals surface area contributed by atoms with Crippen LogP contribution >= 0.6 is 0 Å². The van der Waals surface area contributed by atoms with Gasteiger partial charge in [0, 0.05) is 11.1 Å². The van der Waals surface area contributed by atoms with E-state index in [-0.39, 0.29) is 13.2 Å². The molecule has 2 rings (SSSR count). The maximum absolute atomic E-state index is 11.5. The molecule has 0 saturated heterocycles. The maximum Gasteiger partial charge on any atom is 0.427 e. The number of carbonyl (C=O) groups is 2. The van der Waals surface area contributed by atoms with Crippen LogP contribution in [0.3, 0.4) is 0 Å². The number of amides is 2. The predicted octanol–water partition coefficient (Wildman–Crippen LogP) is 4.29. The number of hydrazone groups is 2. The first-order valence-electron chi connectivity index (χ1n) is 9.61. The van der Waals surface area contributed by atoms with Crippen molar-refractivity contribution in [3.8, 4) is 11.1 Å². The molecule has 0 aliphatic carbocycles. The van der Waals surface area contributed by atoms with Gasteiger partial charge in [-0.2, -0.15) is 10.2 Å². The lowest BCUT2D eigenvalue weighted by molar-refractivity contribution is 0.151. The molecule has 0 bridgehead atoms. The number of ether oxygens (including phenoxy) is 2. The topological polar surface area (TPSA) is 101 Å². The van der Waals surface area contributed by atoms with Crippen LogP contribution in [0.4, 0.5) is 9.59 Å². The van der Waals surface area contributed by atoms with Crippen molar-refractivity contribution >= 4 is 23.6 Å². The summed E-state index contributed by atoms with van der Waals surface area (Å²) in [5.74, 6) is 0. The van der Waals surface area contributed by atoms with Gasteiger partial charge in [-0.05, 0) is 38.8 Å². The fraction of sp³-hybridized carbons (Fsp3) is 0.273. The maximum atomic E-state index is 11.5. The van der Waals surface area contributed by atoms with E-state index < -0.39 is 12.2 Å². The molecule has 2 N–H and O–H groups in total. The molecule has 0 atom stereocenters. The molecule has 0 unspecified atom stereocenters. The minimum atomic E-state index is -0.609. The number of hydrogen-bond acceptors (Lipinski definition) is 6. The molecule has 2 aromatic carbocycles. The van der Waals surface area contributed by atoms with Gasteiger partial charge in [0.1, 0.15) is 0 Å². The Morgan fingerprint density at radius 3 is 1.47 bits per heavy atom. The van der Waals surface area contributed by atoms with E-state index in [2.05, 4.69) is 21.1 Å². The highest BCUT2D eigenvalue weighted by molar-refractivity contribution is 6.09. The molecule has 0 aromatic heterocycles. The van der Waals surface area contributed by atoms with Gasteiger partial charge in [-0.1, -0.05) is 48.5 Å². The van der Waals surface area contributed by atoms with Crippen molar-refractivity contribution in [1.29, 1.82) is 0 Å². The number of benzene rings is 2. The molecule has 0 heterocycles. The quantitative estimate of drug-likeness (QED) is 0.525. The second kappa shape index (κ2) is 11.4. The fourth-order valence-corrected chi connectivity index (χ4v) is 2.77. The van der Waals surface area contributed by atoms with E-state index in [0.29, 0.717) is 11.4 Å². The molecule has 2 aromatic rings. The highest BCUT2D eigenvalue weighted by Crippen LogP contribution is 2.28. The Morgan fingerprint density at radius 1 is 0.733 bits per heavy atom. The number of nitrogens with zero attached hydrogens (tertiary/aromatic N) is 2. The van der Waals surface area contributed by atoms with Crippen molar-refractivity contribution in [2.24, 2.45) is 10.2 Å². The minimum Gasteiger partial charge on any atom is -0.449 e. The van der Waals surface area contributed by atoms with Gasteiger partial charge in [-0.25, -0.2) is 20.4 Å². The Kier molecular flexibility index (Phi) is 8.56. The fourth-order valence-electron chi connectivity index (χ4n) is 2.77. The normalized spacial score (nSPS) is 11.6. The van der Waals surface area contributed by atoms with Gasteiger partial charge < -0.3 is 9.47 Å². The van der Waals surface area contributed by atoms with Gasteiger partial charge in [0.15, 0.2) is 0 Å². The van der Waals surface area contributed by atoms with Gasteiger partial charge in [-0.3, -0.25) is 0 Å². The van der Waals surface area contributed by atoms with Crippen LogP contribution in [0.15, 0.2) is 58.7 Å². The highest BCUT2D eigenvalue weighted by atomic mass is 16.6. The van der Waals surface area contributed by atoms with Crippen LogP contribution in [0.25, 0.3) is 11.1 Å². The summed E-state index contributed by atoms with van der Waals surface area (Å²) in [5.41, 5.74) is 9.50. The van der Waals surface area contributed by atoms with Crippen molar-refractivity contribution in [1.82, 2.24) is 10.9 Å². The molecular weight excluding hydrogens is 384 g/mol. The summed E-state index contributed by atoms with van der Waals surface area (Å²) in [4.78, 5) is 23.1. The van der Waals surface area contributed by atoms with E-state index >= 15 is 0 Å². The van der Waals surface area contributed by atoms with E-state index in [9.17, 15) is 9.59 Å². The summed E-state index contributed by atoms with van der Waals surface area (Å²) in [6.45, 7) is 7.59. The van der Waals surface area contributed by atoms with Crippen molar-refractivity contribution in [2.75, 3.05) is 13.2 Å². The molecule has 30 heavy (non-hydrogen) atoms. The number of nitrogens with one attached hydrogen (secondary N) is 2. The van der Waals surface area contributed by atoms with Crippen LogP contribution < -0.4 is 10.9 Å². The van der Waals surface area contributed by atoms with E-state index in [1.54, 1.807) is 27.7 Å². The molecule has 0 fully saturated rings. The zero-order valence-corrected chi connectivity index (χ0v) is 17.6. The lowest BCUT2D eigenvalue weighted by atomic mass is 9.92. The zero-order valence-electron chi connectivity index (χ0n) is 17.6. The predicted molar refractivity (Wildman–Crippen MR) is 117 cm³/mol. The first-order valence-corrected chi connectivity index (χ1v) is 9.61. The number of hydrogen-bond donors (Lipinski definition) is 2. The smallest absolute Gasteiger partial charge is 0.427 e. The van der Waals surface area contributed by atoms with Crippen LogP contribution in [0.5, 0.6) is 0 Å². The van der Waals surface area contributed by atoms with Crippen LogP contribution in [-0.2, 0) is 9.47 Å². The molecule has 0 aliphatic rings. The van der Waals surface area contributed by atoms with Crippen molar-refractivity contribution in [2.45, 2.75) is 27.7 Å². The van der Waals surface area contributed by atoms with Crippen molar-refractivity contribution in [3.63, 3.8) is 0 Å². The third kappa shape index (κ3) is 6.16. The second-order valence-electron chi connectivity index (χ2n) is 6.15. The highest BCUT2D eigenvalue weighted by Gasteiger charge is 2.13. The summed E-state index contributed by atoms with van der Waals surface area (Å²) >= 11 is 0. The third-order valence-corrected chi connectivity index (χ3v) is 4.10. The van der Waals surface area contributed by atoms with Gasteiger partial charge in [-0.15, -0.1) is 0 Å². The Morgan fingerprint density at radius 2 is 1.10 bits per heavy atom. The summed E-state index contributed by atoms with van der Waals surface area (Å²) in [6, 6.07) is 15.4. The molecular formula is C22H26N4O4. The monoisotopic (exact) mass is 410 g/mol. The molecule has 0 saturated carbocycles. The Balaban J connectivity index is 2.40. The van der Waals surface area contributed by atoms with E-state index in [1.807, 2.05) is 48.5 Å². The lowest BCUT2D eigenvalue weighted by Gasteiger charge is -2.14. The summed E-state index contributed by atoms with van der Waals surface area (Å²) < 4.78 is 9.68. The molecule has 8 heteroatoms. The largest absolute Gasteiger partial charge is 0.449 e. The van der Waals surface area contributed by atoms with Crippen molar-refractivity contribution < 1.29 is 19.1 Å². The first-order chi connectivity index (χ1) is 14.5. The summed E-state index contributed by atoms with van der Waals surface area (Å²) in [5, 5.41) is 8.28. The first kappa shape index (κ1) is 22.6. The lowest BCUT2D eigenvalue weighted by Crippen LogP contribution is -2.21. The van der Waals surface area contributed by atoms with Crippen LogP contribution in [0, 0.1) is 0 Å². The SMILES string of the molecule is CCOC(=O)N/N=C(\C)c1ccccc1-c1ccccc1/C(C)=N/NC(=O)OCC. The number of rotatable bonds is 7. The number of carbonyl (C=O) groups excluding carboxylic acids is 2. The molecule has 0 aliphatic heterocycles. The van der Waals surface area contributed by atoms with Crippen molar-refractivity contribution in [3.05, 3.63) is 59.7 Å². The Hall–Kier alpha value is -3.68. The van der Waals surface area contributed by atoms with Gasteiger partial charge in [0.2, 0.25) is 0 Å². The molecule has 0 radical (unpaired) electrons. The second-order valence-corrected chi connectivity index (χ2v) is 6.15. The summed E-state index contributed by atoms with van der Waals surface area (Å²) in [6.07, 6.45) is -1.22. The minimum absolute atomic E-state index is 0.267. The average Bonchev–Trinajstić information content (AvgIpc) is 2.76. The molecule has 158 valence electrons.